The van der Waals surface area contributed by atoms with Crippen LogP contribution in [0.2, 0.25) is 0 Å². The number of likely N-dealkylation sites (N-methyl/N-ethyl adjacent to an activating group) is 1. The highest BCUT2D eigenvalue weighted by atomic mass is 16.1. The summed E-state index contributed by atoms with van der Waals surface area (Å²) < 4.78 is 1.94. The van der Waals surface area contributed by atoms with Gasteiger partial charge in [0.15, 0.2) is 0 Å². The third-order valence-electron chi connectivity index (χ3n) is 6.53. The molecule has 1 aliphatic carbocycles. The van der Waals surface area contributed by atoms with Crippen LogP contribution in [0.1, 0.15) is 59.7 Å². The molecule has 0 saturated heterocycles. The second-order valence-electron chi connectivity index (χ2n) is 8.93. The summed E-state index contributed by atoms with van der Waals surface area (Å²) in [5, 5.41) is 3.28. The van der Waals surface area contributed by atoms with Crippen molar-refractivity contribution < 1.29 is 0 Å². The summed E-state index contributed by atoms with van der Waals surface area (Å²) in [7, 11) is 1.98. The Morgan fingerprint density at radius 3 is 2.64 bits per heavy atom. The predicted octanol–water partition coefficient (Wildman–Crippen LogP) is 3.66. The molecule has 0 bridgehead atoms. The van der Waals surface area contributed by atoms with E-state index in [9.17, 15) is 4.79 Å². The van der Waals surface area contributed by atoms with Gasteiger partial charge in [-0.25, -0.2) is 4.98 Å². The molecule has 1 unspecified atom stereocenters. The van der Waals surface area contributed by atoms with Crippen LogP contribution in [0.25, 0.3) is 0 Å². The monoisotopic (exact) mass is 445 g/mol. The quantitative estimate of drug-likeness (QED) is 0.516. The molecule has 33 heavy (non-hydrogen) atoms. The van der Waals surface area contributed by atoms with E-state index in [0.717, 1.165) is 73.7 Å². The van der Waals surface area contributed by atoms with E-state index in [2.05, 4.69) is 46.4 Å². The molecule has 0 spiro atoms. The number of aryl methyl sites for hydroxylation is 2. The minimum absolute atomic E-state index is 0.0435. The first-order valence-electron chi connectivity index (χ1n) is 12.1. The lowest BCUT2D eigenvalue weighted by molar-refractivity contribution is 0.171. The molecule has 4 rings (SSSR count). The summed E-state index contributed by atoms with van der Waals surface area (Å²) in [6.45, 7) is 7.25. The number of fused-ring (bicyclic) bond motifs is 1. The van der Waals surface area contributed by atoms with Gasteiger partial charge in [0.25, 0.3) is 5.56 Å². The highest BCUT2D eigenvalue weighted by Crippen LogP contribution is 2.27. The van der Waals surface area contributed by atoms with Crippen LogP contribution in [0.3, 0.4) is 0 Å². The zero-order valence-corrected chi connectivity index (χ0v) is 20.1. The number of nitrogens with one attached hydrogen (secondary N) is 1. The Hall–Kier alpha value is -2.83. The number of hydrogen-bond donors (Lipinski definition) is 1. The van der Waals surface area contributed by atoms with Crippen molar-refractivity contribution in [2.24, 2.45) is 0 Å². The molecule has 6 heteroatoms. The van der Waals surface area contributed by atoms with Gasteiger partial charge in [-0.3, -0.25) is 19.2 Å². The third kappa shape index (κ3) is 5.40. The molecule has 1 aromatic carbocycles. The molecule has 2 aromatic heterocycles. The number of aromatic nitrogens is 3. The van der Waals surface area contributed by atoms with E-state index in [1.807, 2.05) is 42.9 Å². The maximum Gasteiger partial charge on any atom is 0.257 e. The molecular weight excluding hydrogens is 410 g/mol. The maximum absolute atomic E-state index is 13.6. The van der Waals surface area contributed by atoms with Crippen LogP contribution in [0.15, 0.2) is 53.5 Å². The van der Waals surface area contributed by atoms with Crippen LogP contribution < -0.4 is 10.9 Å². The van der Waals surface area contributed by atoms with E-state index in [0.29, 0.717) is 6.54 Å². The van der Waals surface area contributed by atoms with Crippen LogP contribution in [0.5, 0.6) is 0 Å². The molecule has 1 aliphatic rings. The van der Waals surface area contributed by atoms with E-state index < -0.39 is 0 Å². The Kier molecular flexibility index (Phi) is 7.68. The normalized spacial score (nSPS) is 13.9. The van der Waals surface area contributed by atoms with Crippen molar-refractivity contribution in [1.82, 2.24) is 24.8 Å². The summed E-state index contributed by atoms with van der Waals surface area (Å²) in [6.07, 6.45) is 5.59. The van der Waals surface area contributed by atoms with E-state index in [1.165, 1.54) is 5.56 Å². The van der Waals surface area contributed by atoms with Crippen LogP contribution in [0, 0.1) is 6.92 Å². The Morgan fingerprint density at radius 2 is 1.94 bits per heavy atom. The molecule has 174 valence electrons. The zero-order chi connectivity index (χ0) is 23.2. The van der Waals surface area contributed by atoms with Gasteiger partial charge < -0.3 is 5.32 Å². The van der Waals surface area contributed by atoms with Gasteiger partial charge >= 0.3 is 0 Å². The Morgan fingerprint density at radius 1 is 1.12 bits per heavy atom. The van der Waals surface area contributed by atoms with Gasteiger partial charge in [0, 0.05) is 37.1 Å². The largest absolute Gasteiger partial charge is 0.318 e. The summed E-state index contributed by atoms with van der Waals surface area (Å²) >= 11 is 0. The zero-order valence-electron chi connectivity index (χ0n) is 20.1. The molecule has 3 aromatic rings. The van der Waals surface area contributed by atoms with Crippen LogP contribution in [-0.2, 0) is 25.9 Å². The van der Waals surface area contributed by atoms with Gasteiger partial charge in [0.1, 0.15) is 5.82 Å². The topological polar surface area (TPSA) is 63.1 Å². The van der Waals surface area contributed by atoms with E-state index >= 15 is 0 Å². The molecule has 0 aliphatic heterocycles. The molecule has 1 atom stereocenters. The predicted molar refractivity (Wildman–Crippen MR) is 132 cm³/mol. The van der Waals surface area contributed by atoms with E-state index in [4.69, 9.17) is 4.98 Å². The lowest BCUT2D eigenvalue weighted by Gasteiger charge is -2.32. The van der Waals surface area contributed by atoms with Gasteiger partial charge in [-0.05, 0) is 56.8 Å². The van der Waals surface area contributed by atoms with E-state index in [-0.39, 0.29) is 11.6 Å². The second kappa shape index (κ2) is 10.9. The Bertz CT molecular complexity index is 1110. The first-order chi connectivity index (χ1) is 16.1. The van der Waals surface area contributed by atoms with Crippen molar-refractivity contribution in [3.8, 4) is 0 Å². The molecule has 0 saturated carbocycles. The number of benzene rings is 1. The second-order valence-corrected chi connectivity index (χ2v) is 8.93. The number of hydrogen-bond acceptors (Lipinski definition) is 5. The number of rotatable bonds is 10. The maximum atomic E-state index is 13.6. The Labute approximate surface area is 196 Å². The van der Waals surface area contributed by atoms with Gasteiger partial charge in [-0.2, -0.15) is 0 Å². The molecule has 0 radical (unpaired) electrons. The smallest absolute Gasteiger partial charge is 0.257 e. The fourth-order valence-electron chi connectivity index (χ4n) is 4.75. The van der Waals surface area contributed by atoms with Crippen LogP contribution in [0.4, 0.5) is 0 Å². The van der Waals surface area contributed by atoms with Gasteiger partial charge in [-0.1, -0.05) is 43.3 Å². The van der Waals surface area contributed by atoms with Crippen molar-refractivity contribution in [2.75, 3.05) is 20.1 Å². The average molecular weight is 446 g/mol. The molecular formula is C27H35N5O. The standard InChI is InChI=1S/C27H35N5O/c1-4-25(31(16-15-28-3)18-22-14-13-20(2)29-17-22)26-30-24-12-8-11-23(24)27(33)32(26)19-21-9-6-5-7-10-21/h5-7,9-10,13-14,17,25,28H,4,8,11-12,15-16,18-19H2,1-3H3. The minimum atomic E-state index is 0.0435. The summed E-state index contributed by atoms with van der Waals surface area (Å²) in [5.74, 6) is 0.892. The SMILES string of the molecule is CCC(c1nc2c(c(=O)n1Cc1ccccc1)CCC2)N(CCNC)Cc1ccc(C)nc1. The molecule has 6 nitrogen and oxygen atoms in total. The molecule has 2 heterocycles. The van der Waals surface area contributed by atoms with Crippen molar-refractivity contribution in [1.29, 1.82) is 0 Å². The first kappa shape index (κ1) is 23.3. The van der Waals surface area contributed by atoms with Crippen molar-refractivity contribution >= 4 is 0 Å². The van der Waals surface area contributed by atoms with E-state index in [1.54, 1.807) is 0 Å². The highest BCUT2D eigenvalue weighted by Gasteiger charge is 2.28. The molecule has 0 fully saturated rings. The molecule has 1 N–H and O–H groups in total. The van der Waals surface area contributed by atoms with Crippen molar-refractivity contribution in [3.05, 3.63) is 92.9 Å². The van der Waals surface area contributed by atoms with Gasteiger partial charge in [-0.15, -0.1) is 0 Å². The fourth-order valence-corrected chi connectivity index (χ4v) is 4.75. The highest BCUT2D eigenvalue weighted by molar-refractivity contribution is 5.26. The number of nitrogens with zero attached hydrogens (tertiary/aromatic N) is 4. The minimum Gasteiger partial charge on any atom is -0.318 e. The van der Waals surface area contributed by atoms with Gasteiger partial charge in [0.05, 0.1) is 18.3 Å². The average Bonchev–Trinajstić information content (AvgIpc) is 3.31. The summed E-state index contributed by atoms with van der Waals surface area (Å²) in [4.78, 5) is 25.7. The summed E-state index contributed by atoms with van der Waals surface area (Å²) in [6, 6.07) is 14.5. The van der Waals surface area contributed by atoms with Crippen molar-refractivity contribution in [2.45, 2.75) is 58.7 Å². The molecule has 0 amide bonds. The Balaban J connectivity index is 1.76. The third-order valence-corrected chi connectivity index (χ3v) is 6.53. The van der Waals surface area contributed by atoms with Gasteiger partial charge in [0.2, 0.25) is 0 Å². The van der Waals surface area contributed by atoms with Crippen molar-refractivity contribution in [3.63, 3.8) is 0 Å². The first-order valence-corrected chi connectivity index (χ1v) is 12.1. The van der Waals surface area contributed by atoms with Crippen LogP contribution >= 0.6 is 0 Å². The fraction of sp³-hybridized carbons (Fsp3) is 0.444. The number of pyridine rings is 1. The lowest BCUT2D eigenvalue weighted by atomic mass is 10.1. The lowest BCUT2D eigenvalue weighted by Crippen LogP contribution is -2.39. The van der Waals surface area contributed by atoms with Crippen LogP contribution in [-0.4, -0.2) is 39.6 Å². The summed E-state index contributed by atoms with van der Waals surface area (Å²) in [5.41, 5.74) is 5.37.